The van der Waals surface area contributed by atoms with Gasteiger partial charge in [-0.05, 0) is 36.2 Å². The van der Waals surface area contributed by atoms with E-state index in [1.165, 1.54) is 0 Å². The summed E-state index contributed by atoms with van der Waals surface area (Å²) in [6, 6.07) is 21.3. The van der Waals surface area contributed by atoms with Gasteiger partial charge in [0.2, 0.25) is 5.91 Å². The molecule has 0 bridgehead atoms. The Morgan fingerprint density at radius 1 is 1.03 bits per heavy atom. The largest absolute Gasteiger partial charge is 0.489 e. The molecule has 5 rings (SSSR count). The minimum Gasteiger partial charge on any atom is -0.489 e. The molecule has 2 aromatic heterocycles. The lowest BCUT2D eigenvalue weighted by Gasteiger charge is -2.20. The number of aromatic nitrogens is 3. The minimum atomic E-state index is -1.19. The van der Waals surface area contributed by atoms with Gasteiger partial charge in [-0.2, -0.15) is 0 Å². The van der Waals surface area contributed by atoms with E-state index >= 15 is 0 Å². The van der Waals surface area contributed by atoms with Crippen LogP contribution in [-0.4, -0.2) is 46.6 Å². The summed E-state index contributed by atoms with van der Waals surface area (Å²) in [5.74, 6) is 1.75. The number of likely N-dealkylation sites (tertiary alicyclic amines) is 1. The van der Waals surface area contributed by atoms with Gasteiger partial charge in [0.05, 0.1) is 5.52 Å². The molecule has 7 nitrogen and oxygen atoms in total. The highest BCUT2D eigenvalue weighted by atomic mass is 28.3. The number of fused-ring (bicyclic) bond motifs is 1. The number of rotatable bonds is 11. The van der Waals surface area contributed by atoms with Crippen LogP contribution in [0.4, 0.5) is 0 Å². The lowest BCUT2D eigenvalue weighted by atomic mass is 10.1. The zero-order chi connectivity index (χ0) is 26.5. The molecule has 4 aromatic rings. The Morgan fingerprint density at radius 3 is 2.63 bits per heavy atom. The SMILES string of the molecule is C[Si](C)(C)CCOCn1c(-c2ccc(CN3CCCC3=O)c(OCc3ccccc3)c2)nc2ncccc21. The van der Waals surface area contributed by atoms with E-state index in [4.69, 9.17) is 14.5 Å². The number of hydrogen-bond donors (Lipinski definition) is 0. The van der Waals surface area contributed by atoms with E-state index in [1.54, 1.807) is 6.20 Å². The Morgan fingerprint density at radius 2 is 1.87 bits per heavy atom. The topological polar surface area (TPSA) is 69.5 Å². The summed E-state index contributed by atoms with van der Waals surface area (Å²) in [7, 11) is -1.19. The number of imidazole rings is 1. The second kappa shape index (κ2) is 11.5. The first-order valence-electron chi connectivity index (χ1n) is 13.3. The average Bonchev–Trinajstić information content (AvgIpc) is 3.49. The van der Waals surface area contributed by atoms with Gasteiger partial charge in [-0.1, -0.05) is 62.1 Å². The van der Waals surface area contributed by atoms with E-state index in [1.807, 2.05) is 41.3 Å². The number of carbonyl (C=O) groups is 1. The molecule has 198 valence electrons. The first-order chi connectivity index (χ1) is 18.4. The van der Waals surface area contributed by atoms with Gasteiger partial charge in [-0.15, -0.1) is 0 Å². The van der Waals surface area contributed by atoms with Crippen LogP contribution in [0.25, 0.3) is 22.6 Å². The number of ether oxygens (including phenoxy) is 2. The van der Waals surface area contributed by atoms with Crippen LogP contribution in [0, 0.1) is 0 Å². The molecule has 0 N–H and O–H groups in total. The second-order valence-electron chi connectivity index (χ2n) is 11.1. The maximum absolute atomic E-state index is 12.3. The number of pyridine rings is 1. The van der Waals surface area contributed by atoms with Gasteiger partial charge in [0.15, 0.2) is 5.65 Å². The fraction of sp³-hybridized carbons (Fsp3) is 0.367. The molecule has 0 radical (unpaired) electrons. The Labute approximate surface area is 225 Å². The molecule has 0 atom stereocenters. The molecule has 0 unspecified atom stereocenters. The highest BCUT2D eigenvalue weighted by Crippen LogP contribution is 2.31. The van der Waals surface area contributed by atoms with E-state index in [2.05, 4.69) is 53.5 Å². The van der Waals surface area contributed by atoms with E-state index in [0.29, 0.717) is 32.0 Å². The maximum atomic E-state index is 12.3. The van der Waals surface area contributed by atoms with Gasteiger partial charge in [0.25, 0.3) is 0 Å². The summed E-state index contributed by atoms with van der Waals surface area (Å²) in [5.41, 5.74) is 4.64. The number of carbonyl (C=O) groups excluding carboxylic acids is 1. The summed E-state index contributed by atoms with van der Waals surface area (Å²) >= 11 is 0. The molecule has 8 heteroatoms. The van der Waals surface area contributed by atoms with Crippen molar-refractivity contribution in [2.75, 3.05) is 13.2 Å². The summed E-state index contributed by atoms with van der Waals surface area (Å²) in [6.45, 7) is 9.97. The lowest BCUT2D eigenvalue weighted by Crippen LogP contribution is -2.24. The molecule has 1 saturated heterocycles. The van der Waals surface area contributed by atoms with Gasteiger partial charge in [0.1, 0.15) is 24.9 Å². The van der Waals surface area contributed by atoms with E-state index < -0.39 is 8.07 Å². The van der Waals surface area contributed by atoms with Crippen molar-refractivity contribution in [2.45, 2.75) is 58.4 Å². The van der Waals surface area contributed by atoms with Crippen molar-refractivity contribution in [3.8, 4) is 17.1 Å². The number of benzene rings is 2. The van der Waals surface area contributed by atoms with Crippen molar-refractivity contribution >= 4 is 25.1 Å². The Kier molecular flexibility index (Phi) is 7.90. The minimum absolute atomic E-state index is 0.200. The third-order valence-corrected chi connectivity index (χ3v) is 8.54. The quantitative estimate of drug-likeness (QED) is 0.173. The fourth-order valence-electron chi connectivity index (χ4n) is 4.62. The molecule has 38 heavy (non-hydrogen) atoms. The van der Waals surface area contributed by atoms with E-state index in [-0.39, 0.29) is 5.91 Å². The Balaban J connectivity index is 1.46. The average molecular weight is 529 g/mol. The van der Waals surface area contributed by atoms with E-state index in [9.17, 15) is 4.79 Å². The maximum Gasteiger partial charge on any atom is 0.222 e. The van der Waals surface area contributed by atoms with Crippen LogP contribution < -0.4 is 4.74 Å². The number of hydrogen-bond acceptors (Lipinski definition) is 5. The van der Waals surface area contributed by atoms with Gasteiger partial charge in [-0.3, -0.25) is 9.36 Å². The zero-order valence-electron chi connectivity index (χ0n) is 22.5. The molecule has 1 amide bonds. The molecule has 1 fully saturated rings. The van der Waals surface area contributed by atoms with E-state index in [0.717, 1.165) is 59.4 Å². The fourth-order valence-corrected chi connectivity index (χ4v) is 5.37. The molecular formula is C30H36N4O3Si. The monoisotopic (exact) mass is 528 g/mol. The van der Waals surface area contributed by atoms with Crippen molar-refractivity contribution in [1.82, 2.24) is 19.4 Å². The van der Waals surface area contributed by atoms with Gasteiger partial charge in [-0.25, -0.2) is 9.97 Å². The summed E-state index contributed by atoms with van der Waals surface area (Å²) in [4.78, 5) is 23.6. The first-order valence-corrected chi connectivity index (χ1v) is 17.0. The molecule has 2 aromatic carbocycles. The lowest BCUT2D eigenvalue weighted by molar-refractivity contribution is -0.128. The summed E-state index contributed by atoms with van der Waals surface area (Å²) in [5, 5.41) is 0. The second-order valence-corrected chi connectivity index (χ2v) is 16.7. The molecule has 0 aliphatic carbocycles. The van der Waals surface area contributed by atoms with Gasteiger partial charge in [0, 0.05) is 51.5 Å². The molecule has 3 heterocycles. The Bertz CT molecular complexity index is 1400. The third-order valence-electron chi connectivity index (χ3n) is 6.84. The van der Waals surface area contributed by atoms with Crippen molar-refractivity contribution in [1.29, 1.82) is 0 Å². The highest BCUT2D eigenvalue weighted by molar-refractivity contribution is 6.76. The predicted molar refractivity (Wildman–Crippen MR) is 152 cm³/mol. The summed E-state index contributed by atoms with van der Waals surface area (Å²) < 4.78 is 14.6. The smallest absolute Gasteiger partial charge is 0.222 e. The molecule has 0 saturated carbocycles. The van der Waals surface area contributed by atoms with Crippen LogP contribution in [0.5, 0.6) is 5.75 Å². The van der Waals surface area contributed by atoms with Crippen LogP contribution in [0.1, 0.15) is 24.0 Å². The first kappa shape index (κ1) is 26.1. The van der Waals surface area contributed by atoms with Crippen molar-refractivity contribution < 1.29 is 14.3 Å². The van der Waals surface area contributed by atoms with Crippen LogP contribution in [0.3, 0.4) is 0 Å². The molecule has 1 aliphatic heterocycles. The molecular weight excluding hydrogens is 492 g/mol. The number of amides is 1. The normalized spacial score (nSPS) is 14.0. The van der Waals surface area contributed by atoms with Crippen LogP contribution in [0.15, 0.2) is 66.9 Å². The predicted octanol–water partition coefficient (Wildman–Crippen LogP) is 6.11. The van der Waals surface area contributed by atoms with Gasteiger partial charge < -0.3 is 14.4 Å². The highest BCUT2D eigenvalue weighted by Gasteiger charge is 2.23. The zero-order valence-corrected chi connectivity index (χ0v) is 23.5. The standard InChI is InChI=1S/C30H36N4O3Si/c1-38(2,3)18-17-36-22-34-26-11-7-15-31-29(26)32-30(34)24-13-14-25(20-33-16-8-12-28(33)35)27(19-24)37-21-23-9-5-4-6-10-23/h4-7,9-11,13-15,19H,8,12,16-18,20-22H2,1-3H3. The third kappa shape index (κ3) is 6.31. The van der Waals surface area contributed by atoms with Gasteiger partial charge >= 0.3 is 0 Å². The van der Waals surface area contributed by atoms with Crippen LogP contribution in [0.2, 0.25) is 25.7 Å². The number of nitrogens with zero attached hydrogens (tertiary/aromatic N) is 4. The Hall–Kier alpha value is -3.49. The van der Waals surface area contributed by atoms with Crippen molar-refractivity contribution in [2.24, 2.45) is 0 Å². The van der Waals surface area contributed by atoms with Crippen LogP contribution in [-0.2, 0) is 29.4 Å². The molecule has 1 aliphatic rings. The van der Waals surface area contributed by atoms with Crippen molar-refractivity contribution in [3.05, 3.63) is 78.0 Å². The molecule has 0 spiro atoms. The summed E-state index contributed by atoms with van der Waals surface area (Å²) in [6.07, 6.45) is 3.29. The van der Waals surface area contributed by atoms with Crippen LogP contribution >= 0.6 is 0 Å². The van der Waals surface area contributed by atoms with Crippen molar-refractivity contribution in [3.63, 3.8) is 0 Å².